The van der Waals surface area contributed by atoms with Gasteiger partial charge in [-0.1, -0.05) is 18.2 Å². The van der Waals surface area contributed by atoms with Crippen LogP contribution in [0.3, 0.4) is 0 Å². The monoisotopic (exact) mass is 260 g/mol. The first-order valence-electron chi connectivity index (χ1n) is 6.32. The van der Waals surface area contributed by atoms with Gasteiger partial charge in [-0.3, -0.25) is 5.10 Å². The van der Waals surface area contributed by atoms with E-state index in [1.807, 2.05) is 24.3 Å². The Balaban J connectivity index is 1.83. The molecule has 19 heavy (non-hydrogen) atoms. The van der Waals surface area contributed by atoms with Crippen molar-refractivity contribution < 1.29 is 9.84 Å². The van der Waals surface area contributed by atoms with E-state index < -0.39 is 0 Å². The molecule has 6 heteroatoms. The fourth-order valence-electron chi connectivity index (χ4n) is 2.10. The Kier molecular flexibility index (Phi) is 3.43. The molecule has 100 valence electrons. The lowest BCUT2D eigenvalue weighted by Gasteiger charge is -2.25. The zero-order chi connectivity index (χ0) is 13.1. The van der Waals surface area contributed by atoms with E-state index in [0.717, 1.165) is 30.0 Å². The van der Waals surface area contributed by atoms with Crippen LogP contribution < -0.4 is 4.90 Å². The average molecular weight is 260 g/mol. The average Bonchev–Trinajstić information content (AvgIpc) is 2.98. The van der Waals surface area contributed by atoms with Crippen LogP contribution in [0.2, 0.25) is 0 Å². The SMILES string of the molecule is OCc1cccc(-c2nc(N3CCOCC3)n[nH]2)c1. The minimum atomic E-state index is 0.0261. The number of hydrogen-bond donors (Lipinski definition) is 2. The number of ether oxygens (including phenoxy) is 1. The third-order valence-electron chi connectivity index (χ3n) is 3.15. The van der Waals surface area contributed by atoms with Crippen LogP contribution in [0.25, 0.3) is 11.4 Å². The number of benzene rings is 1. The molecule has 2 N–H and O–H groups in total. The molecular weight excluding hydrogens is 244 g/mol. The molecule has 1 aliphatic heterocycles. The Labute approximate surface area is 111 Å². The molecule has 0 atom stereocenters. The first-order valence-corrected chi connectivity index (χ1v) is 6.32. The molecular formula is C13H16N4O2. The van der Waals surface area contributed by atoms with E-state index in [0.29, 0.717) is 19.2 Å². The summed E-state index contributed by atoms with van der Waals surface area (Å²) >= 11 is 0. The van der Waals surface area contributed by atoms with Gasteiger partial charge in [-0.25, -0.2) is 0 Å². The third kappa shape index (κ3) is 2.59. The van der Waals surface area contributed by atoms with Crippen LogP contribution in [0.5, 0.6) is 0 Å². The van der Waals surface area contributed by atoms with Crippen molar-refractivity contribution in [2.75, 3.05) is 31.2 Å². The summed E-state index contributed by atoms with van der Waals surface area (Å²) in [6.07, 6.45) is 0. The van der Waals surface area contributed by atoms with Gasteiger partial charge < -0.3 is 14.7 Å². The number of aromatic nitrogens is 3. The van der Waals surface area contributed by atoms with Crippen molar-refractivity contribution in [2.24, 2.45) is 0 Å². The molecule has 1 aromatic heterocycles. The number of anilines is 1. The number of aliphatic hydroxyl groups excluding tert-OH is 1. The number of rotatable bonds is 3. The highest BCUT2D eigenvalue weighted by Crippen LogP contribution is 2.19. The minimum absolute atomic E-state index is 0.0261. The Hall–Kier alpha value is -1.92. The number of hydrogen-bond acceptors (Lipinski definition) is 5. The maximum absolute atomic E-state index is 9.15. The third-order valence-corrected chi connectivity index (χ3v) is 3.15. The molecule has 0 saturated carbocycles. The van der Waals surface area contributed by atoms with E-state index in [-0.39, 0.29) is 6.61 Å². The number of aliphatic hydroxyl groups is 1. The maximum Gasteiger partial charge on any atom is 0.245 e. The van der Waals surface area contributed by atoms with E-state index in [1.54, 1.807) is 0 Å². The van der Waals surface area contributed by atoms with Gasteiger partial charge in [-0.15, -0.1) is 5.10 Å². The lowest BCUT2D eigenvalue weighted by atomic mass is 10.1. The second kappa shape index (κ2) is 5.38. The first-order chi connectivity index (χ1) is 9.36. The van der Waals surface area contributed by atoms with Crippen LogP contribution in [-0.2, 0) is 11.3 Å². The fourth-order valence-corrected chi connectivity index (χ4v) is 2.10. The number of nitrogens with one attached hydrogen (secondary N) is 1. The highest BCUT2D eigenvalue weighted by atomic mass is 16.5. The Morgan fingerprint density at radius 2 is 2.16 bits per heavy atom. The van der Waals surface area contributed by atoms with Gasteiger partial charge >= 0.3 is 0 Å². The van der Waals surface area contributed by atoms with Crippen molar-refractivity contribution in [2.45, 2.75) is 6.61 Å². The Morgan fingerprint density at radius 3 is 2.95 bits per heavy atom. The molecule has 3 rings (SSSR count). The molecule has 0 spiro atoms. The summed E-state index contributed by atoms with van der Waals surface area (Å²) in [7, 11) is 0. The second-order valence-electron chi connectivity index (χ2n) is 4.44. The molecule has 0 unspecified atom stereocenters. The summed E-state index contributed by atoms with van der Waals surface area (Å²) < 4.78 is 5.31. The summed E-state index contributed by atoms with van der Waals surface area (Å²) in [4.78, 5) is 6.60. The number of nitrogens with zero attached hydrogens (tertiary/aromatic N) is 3. The molecule has 0 radical (unpaired) electrons. The predicted molar refractivity (Wildman–Crippen MR) is 70.8 cm³/mol. The fraction of sp³-hybridized carbons (Fsp3) is 0.385. The lowest BCUT2D eigenvalue weighted by Crippen LogP contribution is -2.36. The summed E-state index contributed by atoms with van der Waals surface area (Å²) in [5.41, 5.74) is 1.79. The molecule has 1 saturated heterocycles. The second-order valence-corrected chi connectivity index (χ2v) is 4.44. The van der Waals surface area contributed by atoms with Crippen LogP contribution in [0, 0.1) is 0 Å². The zero-order valence-corrected chi connectivity index (χ0v) is 10.5. The van der Waals surface area contributed by atoms with Gasteiger partial charge in [0, 0.05) is 18.7 Å². The summed E-state index contributed by atoms with van der Waals surface area (Å²) in [6, 6.07) is 7.63. The molecule has 0 bridgehead atoms. The summed E-state index contributed by atoms with van der Waals surface area (Å²) in [5, 5.41) is 16.3. The van der Waals surface area contributed by atoms with Crippen LogP contribution >= 0.6 is 0 Å². The molecule has 0 amide bonds. The van der Waals surface area contributed by atoms with Crippen LogP contribution in [0.4, 0.5) is 5.95 Å². The van der Waals surface area contributed by atoms with Crippen LogP contribution in [0.15, 0.2) is 24.3 Å². The van der Waals surface area contributed by atoms with Gasteiger partial charge in [-0.2, -0.15) is 4.98 Å². The summed E-state index contributed by atoms with van der Waals surface area (Å²) in [6.45, 7) is 3.08. The van der Waals surface area contributed by atoms with Gasteiger partial charge in [0.25, 0.3) is 0 Å². The molecule has 1 aliphatic rings. The topological polar surface area (TPSA) is 74.3 Å². The van der Waals surface area contributed by atoms with Crippen molar-refractivity contribution in [3.63, 3.8) is 0 Å². The smallest absolute Gasteiger partial charge is 0.245 e. The maximum atomic E-state index is 9.15. The van der Waals surface area contributed by atoms with E-state index in [4.69, 9.17) is 9.84 Å². The van der Waals surface area contributed by atoms with E-state index in [2.05, 4.69) is 20.1 Å². The minimum Gasteiger partial charge on any atom is -0.392 e. The molecule has 1 aromatic carbocycles. The van der Waals surface area contributed by atoms with Gasteiger partial charge in [0.2, 0.25) is 5.95 Å². The van der Waals surface area contributed by atoms with Crippen molar-refractivity contribution in [3.8, 4) is 11.4 Å². The van der Waals surface area contributed by atoms with Crippen molar-refractivity contribution in [1.29, 1.82) is 0 Å². The van der Waals surface area contributed by atoms with E-state index >= 15 is 0 Å². The number of aromatic amines is 1. The normalized spacial score (nSPS) is 15.7. The molecule has 1 fully saturated rings. The van der Waals surface area contributed by atoms with E-state index in [1.165, 1.54) is 0 Å². The lowest BCUT2D eigenvalue weighted by molar-refractivity contribution is 0.122. The quantitative estimate of drug-likeness (QED) is 0.854. The van der Waals surface area contributed by atoms with Gasteiger partial charge in [0.1, 0.15) is 0 Å². The van der Waals surface area contributed by atoms with Gasteiger partial charge in [-0.05, 0) is 11.6 Å². The van der Waals surface area contributed by atoms with Crippen molar-refractivity contribution in [3.05, 3.63) is 29.8 Å². The highest BCUT2D eigenvalue weighted by molar-refractivity contribution is 5.57. The van der Waals surface area contributed by atoms with Crippen LogP contribution in [-0.4, -0.2) is 46.6 Å². The standard InChI is InChI=1S/C13H16N4O2/c18-9-10-2-1-3-11(8-10)12-14-13(16-15-12)17-4-6-19-7-5-17/h1-3,8,18H,4-7,9H2,(H,14,15,16). The van der Waals surface area contributed by atoms with Crippen molar-refractivity contribution >= 4 is 5.95 Å². The Bertz CT molecular complexity index is 549. The Morgan fingerprint density at radius 1 is 1.32 bits per heavy atom. The predicted octanol–water partition coefficient (Wildman–Crippen LogP) is 0.801. The molecule has 0 aliphatic carbocycles. The number of H-pyrrole nitrogens is 1. The van der Waals surface area contributed by atoms with Gasteiger partial charge in [0.15, 0.2) is 5.82 Å². The summed E-state index contributed by atoms with van der Waals surface area (Å²) in [5.74, 6) is 1.42. The molecule has 2 aromatic rings. The largest absolute Gasteiger partial charge is 0.392 e. The van der Waals surface area contributed by atoms with Crippen molar-refractivity contribution in [1.82, 2.24) is 15.2 Å². The molecule has 2 heterocycles. The molecule has 6 nitrogen and oxygen atoms in total. The zero-order valence-electron chi connectivity index (χ0n) is 10.5. The van der Waals surface area contributed by atoms with Crippen LogP contribution in [0.1, 0.15) is 5.56 Å². The van der Waals surface area contributed by atoms with Gasteiger partial charge in [0.05, 0.1) is 19.8 Å². The van der Waals surface area contributed by atoms with E-state index in [9.17, 15) is 0 Å². The number of morpholine rings is 1. The highest BCUT2D eigenvalue weighted by Gasteiger charge is 2.16. The first kappa shape index (κ1) is 12.1.